The number of hydrogen-bond acceptors (Lipinski definition) is 8. The van der Waals surface area contributed by atoms with Crippen molar-refractivity contribution in [1.82, 2.24) is 0 Å². The minimum atomic E-state index is -0.516. The van der Waals surface area contributed by atoms with Crippen LogP contribution in [0.2, 0.25) is 0 Å². The second-order valence-electron chi connectivity index (χ2n) is 7.25. The van der Waals surface area contributed by atoms with E-state index in [2.05, 4.69) is 0 Å². The Hall–Kier alpha value is -3.68. The first-order valence-corrected chi connectivity index (χ1v) is 9.67. The number of rotatable bonds is 4. The molecular formula is C23H23NO7. The van der Waals surface area contributed by atoms with E-state index in [1.54, 1.807) is 19.1 Å². The van der Waals surface area contributed by atoms with Crippen molar-refractivity contribution in [1.29, 1.82) is 0 Å². The minimum Gasteiger partial charge on any atom is -0.493 e. The molecule has 0 amide bonds. The van der Waals surface area contributed by atoms with E-state index < -0.39 is 5.97 Å². The highest BCUT2D eigenvalue weighted by molar-refractivity contribution is 5.97. The summed E-state index contributed by atoms with van der Waals surface area (Å²) in [6.45, 7) is 4.19. The first-order chi connectivity index (χ1) is 14.9. The van der Waals surface area contributed by atoms with Crippen LogP contribution in [0.25, 0.3) is 11.0 Å². The van der Waals surface area contributed by atoms with Crippen LogP contribution in [-0.4, -0.2) is 34.0 Å². The second-order valence-corrected chi connectivity index (χ2v) is 7.25. The molecule has 31 heavy (non-hydrogen) atoms. The highest BCUT2D eigenvalue weighted by atomic mass is 16.5. The zero-order chi connectivity index (χ0) is 22.3. The molecule has 1 aromatic heterocycles. The monoisotopic (exact) mass is 425 g/mol. The van der Waals surface area contributed by atoms with Gasteiger partial charge in [-0.25, -0.2) is 9.59 Å². The van der Waals surface area contributed by atoms with Gasteiger partial charge in [0.05, 0.1) is 44.7 Å². The van der Waals surface area contributed by atoms with E-state index in [-0.39, 0.29) is 12.4 Å². The summed E-state index contributed by atoms with van der Waals surface area (Å²) in [5.41, 5.74) is 3.14. The average Bonchev–Trinajstić information content (AvgIpc) is 2.80. The standard InChI is InChI=1S/C23H23NO7/c1-12-13(2)22(25)31-21-14(12)6-7-18-16(21)10-24(11-30-18)17-9-20(28-4)19(27-3)8-15(17)23(26)29-5/h6-9H,10-11H2,1-5H3. The molecule has 0 saturated carbocycles. The number of methoxy groups -OCH3 is 3. The maximum absolute atomic E-state index is 12.5. The van der Waals surface area contributed by atoms with Gasteiger partial charge >= 0.3 is 11.6 Å². The smallest absolute Gasteiger partial charge is 0.340 e. The topological polar surface area (TPSA) is 87.4 Å². The third kappa shape index (κ3) is 3.34. The van der Waals surface area contributed by atoms with Gasteiger partial charge in [-0.05, 0) is 31.5 Å². The fraction of sp³-hybridized carbons (Fsp3) is 0.304. The van der Waals surface area contributed by atoms with Crippen LogP contribution in [-0.2, 0) is 11.3 Å². The lowest BCUT2D eigenvalue weighted by Crippen LogP contribution is -2.33. The van der Waals surface area contributed by atoms with E-state index >= 15 is 0 Å². The second kappa shape index (κ2) is 7.86. The SMILES string of the molecule is COC(=O)c1cc(OC)c(OC)cc1N1COc2ccc3c(C)c(C)c(=O)oc3c2C1. The number of aryl methyl sites for hydroxylation is 1. The number of ether oxygens (including phenoxy) is 4. The number of benzene rings is 2. The molecule has 2 heterocycles. The number of anilines is 1. The number of nitrogens with zero attached hydrogens (tertiary/aromatic N) is 1. The Labute approximate surface area is 178 Å². The van der Waals surface area contributed by atoms with Gasteiger partial charge in [-0.3, -0.25) is 0 Å². The number of hydrogen-bond donors (Lipinski definition) is 0. The van der Waals surface area contributed by atoms with Crippen molar-refractivity contribution in [3.8, 4) is 17.2 Å². The van der Waals surface area contributed by atoms with Gasteiger partial charge in [0.2, 0.25) is 0 Å². The van der Waals surface area contributed by atoms with Gasteiger partial charge in [-0.15, -0.1) is 0 Å². The molecular weight excluding hydrogens is 402 g/mol. The van der Waals surface area contributed by atoms with Gasteiger partial charge < -0.3 is 28.3 Å². The minimum absolute atomic E-state index is 0.188. The van der Waals surface area contributed by atoms with E-state index in [4.69, 9.17) is 23.4 Å². The summed E-state index contributed by atoms with van der Waals surface area (Å²) in [5.74, 6) is 0.993. The summed E-state index contributed by atoms with van der Waals surface area (Å²) in [6.07, 6.45) is 0. The number of carbonyl (C=O) groups is 1. The zero-order valence-corrected chi connectivity index (χ0v) is 18.0. The van der Waals surface area contributed by atoms with Gasteiger partial charge in [0, 0.05) is 23.1 Å². The predicted molar refractivity (Wildman–Crippen MR) is 115 cm³/mol. The Balaban J connectivity index is 1.87. The normalized spacial score (nSPS) is 12.9. The molecule has 8 nitrogen and oxygen atoms in total. The average molecular weight is 425 g/mol. The number of fused-ring (bicyclic) bond motifs is 3. The Kier molecular flexibility index (Phi) is 5.22. The molecule has 0 N–H and O–H groups in total. The molecule has 0 bridgehead atoms. The van der Waals surface area contributed by atoms with Crippen LogP contribution in [0, 0.1) is 13.8 Å². The molecule has 4 rings (SSSR count). The van der Waals surface area contributed by atoms with Crippen molar-refractivity contribution >= 4 is 22.6 Å². The lowest BCUT2D eigenvalue weighted by Gasteiger charge is -2.32. The van der Waals surface area contributed by atoms with E-state index in [0.717, 1.165) is 16.5 Å². The molecule has 2 aromatic carbocycles. The van der Waals surface area contributed by atoms with Crippen LogP contribution in [0.4, 0.5) is 5.69 Å². The molecule has 3 aromatic rings. The summed E-state index contributed by atoms with van der Waals surface area (Å²) < 4.78 is 27.3. The van der Waals surface area contributed by atoms with Gasteiger partial charge in [-0.2, -0.15) is 0 Å². The van der Waals surface area contributed by atoms with Gasteiger partial charge in [0.1, 0.15) is 11.3 Å². The van der Waals surface area contributed by atoms with Crippen LogP contribution < -0.4 is 24.7 Å². The van der Waals surface area contributed by atoms with Crippen molar-refractivity contribution in [2.75, 3.05) is 33.0 Å². The Morgan fingerprint density at radius 1 is 1.03 bits per heavy atom. The van der Waals surface area contributed by atoms with Crippen molar-refractivity contribution < 1.29 is 28.2 Å². The van der Waals surface area contributed by atoms with Crippen LogP contribution in [0.3, 0.4) is 0 Å². The Morgan fingerprint density at radius 3 is 2.42 bits per heavy atom. The van der Waals surface area contributed by atoms with Crippen molar-refractivity contribution in [2.45, 2.75) is 20.4 Å². The van der Waals surface area contributed by atoms with E-state index in [9.17, 15) is 9.59 Å². The fourth-order valence-electron chi connectivity index (χ4n) is 3.77. The summed E-state index contributed by atoms with van der Waals surface area (Å²) in [6, 6.07) is 7.05. The molecule has 0 unspecified atom stereocenters. The summed E-state index contributed by atoms with van der Waals surface area (Å²) in [7, 11) is 4.34. The third-order valence-corrected chi connectivity index (χ3v) is 5.66. The molecule has 0 atom stereocenters. The number of carbonyl (C=O) groups excluding carboxylic acids is 1. The highest BCUT2D eigenvalue weighted by Crippen LogP contribution is 2.40. The lowest BCUT2D eigenvalue weighted by atomic mass is 10.0. The third-order valence-electron chi connectivity index (χ3n) is 5.66. The highest BCUT2D eigenvalue weighted by Gasteiger charge is 2.27. The maximum atomic E-state index is 12.5. The summed E-state index contributed by atoms with van der Waals surface area (Å²) in [5, 5.41) is 0.849. The molecule has 1 aliphatic heterocycles. The summed E-state index contributed by atoms with van der Waals surface area (Å²) >= 11 is 0. The maximum Gasteiger partial charge on any atom is 0.340 e. The molecule has 8 heteroatoms. The molecule has 0 spiro atoms. The zero-order valence-electron chi connectivity index (χ0n) is 18.0. The van der Waals surface area contributed by atoms with Crippen LogP contribution in [0.1, 0.15) is 27.0 Å². The molecule has 1 aliphatic rings. The van der Waals surface area contributed by atoms with Gasteiger partial charge in [0.15, 0.2) is 18.2 Å². The van der Waals surface area contributed by atoms with Crippen LogP contribution in [0.15, 0.2) is 33.5 Å². The summed E-state index contributed by atoms with van der Waals surface area (Å²) in [4.78, 5) is 26.7. The van der Waals surface area contributed by atoms with Crippen molar-refractivity contribution in [2.24, 2.45) is 0 Å². The molecule has 0 radical (unpaired) electrons. The predicted octanol–water partition coefficient (Wildman–Crippen LogP) is 3.57. The molecule has 0 saturated heterocycles. The molecule has 0 aliphatic carbocycles. The van der Waals surface area contributed by atoms with E-state index in [0.29, 0.717) is 46.2 Å². The lowest BCUT2D eigenvalue weighted by molar-refractivity contribution is 0.0600. The first kappa shape index (κ1) is 20.6. The van der Waals surface area contributed by atoms with Gasteiger partial charge in [-0.1, -0.05) is 0 Å². The van der Waals surface area contributed by atoms with Gasteiger partial charge in [0.25, 0.3) is 0 Å². The van der Waals surface area contributed by atoms with E-state index in [1.165, 1.54) is 21.3 Å². The van der Waals surface area contributed by atoms with Crippen LogP contribution >= 0.6 is 0 Å². The quantitative estimate of drug-likeness (QED) is 0.463. The van der Waals surface area contributed by atoms with Crippen molar-refractivity contribution in [3.63, 3.8) is 0 Å². The largest absolute Gasteiger partial charge is 0.493 e. The van der Waals surface area contributed by atoms with Crippen LogP contribution in [0.5, 0.6) is 17.2 Å². The molecule has 0 fully saturated rings. The number of esters is 1. The van der Waals surface area contributed by atoms with Crippen molar-refractivity contribution in [3.05, 3.63) is 56.9 Å². The Morgan fingerprint density at radius 2 is 1.74 bits per heavy atom. The van der Waals surface area contributed by atoms with E-state index in [1.807, 2.05) is 24.0 Å². The fourth-order valence-corrected chi connectivity index (χ4v) is 3.77. The Bertz CT molecular complexity index is 1250. The molecule has 162 valence electrons. The first-order valence-electron chi connectivity index (χ1n) is 9.67.